The van der Waals surface area contributed by atoms with Crippen molar-refractivity contribution >= 4 is 18.1 Å². The number of halogens is 1. The van der Waals surface area contributed by atoms with E-state index in [1.54, 1.807) is 12.1 Å². The van der Waals surface area contributed by atoms with Crippen LogP contribution in [-0.2, 0) is 20.9 Å². The van der Waals surface area contributed by atoms with E-state index in [0.29, 0.717) is 18.1 Å². The summed E-state index contributed by atoms with van der Waals surface area (Å²) in [5, 5.41) is 0.688. The summed E-state index contributed by atoms with van der Waals surface area (Å²) in [5.41, 5.74) is 0.985. The van der Waals surface area contributed by atoms with Crippen LogP contribution in [0.25, 0.3) is 0 Å². The lowest BCUT2D eigenvalue weighted by atomic mass is 10.2. The van der Waals surface area contributed by atoms with Gasteiger partial charge in [-0.1, -0.05) is 23.7 Å². The Bertz CT molecular complexity index is 258. The molecule has 0 bridgehead atoms. The van der Waals surface area contributed by atoms with E-state index in [-0.39, 0.29) is 6.79 Å². The summed E-state index contributed by atoms with van der Waals surface area (Å²) in [6.45, 7) is 0.735. The molecular weight excluding hydrogens is 192 g/mol. The first-order valence-corrected chi connectivity index (χ1v) is 4.08. The predicted octanol–water partition coefficient (Wildman–Crippen LogP) is 1.99. The molecule has 0 amide bonds. The molecule has 1 aromatic rings. The third-order valence-electron chi connectivity index (χ3n) is 1.40. The molecule has 70 valence electrons. The molecule has 0 spiro atoms. The zero-order valence-electron chi connectivity index (χ0n) is 6.90. The van der Waals surface area contributed by atoms with Crippen molar-refractivity contribution in [2.45, 2.75) is 6.61 Å². The first-order valence-electron chi connectivity index (χ1n) is 3.70. The van der Waals surface area contributed by atoms with Gasteiger partial charge in [0, 0.05) is 5.02 Å². The average Bonchev–Trinajstić information content (AvgIpc) is 2.15. The van der Waals surface area contributed by atoms with Crippen molar-refractivity contribution in [3.63, 3.8) is 0 Å². The number of carbonyl (C=O) groups excluding carboxylic acids is 1. The molecule has 0 saturated heterocycles. The van der Waals surface area contributed by atoms with Crippen molar-refractivity contribution < 1.29 is 14.3 Å². The minimum absolute atomic E-state index is 0.0217. The van der Waals surface area contributed by atoms with E-state index in [0.717, 1.165) is 5.56 Å². The van der Waals surface area contributed by atoms with Gasteiger partial charge in [-0.3, -0.25) is 4.79 Å². The van der Waals surface area contributed by atoms with Crippen LogP contribution in [0.15, 0.2) is 24.3 Å². The van der Waals surface area contributed by atoms with E-state index in [1.807, 2.05) is 12.1 Å². The van der Waals surface area contributed by atoms with E-state index in [2.05, 4.69) is 4.74 Å². The van der Waals surface area contributed by atoms with Crippen LogP contribution in [0.2, 0.25) is 5.02 Å². The molecule has 0 atom stereocenters. The van der Waals surface area contributed by atoms with Gasteiger partial charge in [-0.2, -0.15) is 0 Å². The topological polar surface area (TPSA) is 35.5 Å². The quantitative estimate of drug-likeness (QED) is 0.414. The molecule has 0 aliphatic carbocycles. The van der Waals surface area contributed by atoms with E-state index in [9.17, 15) is 4.79 Å². The Morgan fingerprint density at radius 2 is 2.00 bits per heavy atom. The van der Waals surface area contributed by atoms with E-state index in [1.165, 1.54) is 0 Å². The Morgan fingerprint density at radius 1 is 1.31 bits per heavy atom. The summed E-state index contributed by atoms with van der Waals surface area (Å²) in [7, 11) is 0. The molecule has 0 N–H and O–H groups in total. The molecular formula is C9H9ClO3. The first kappa shape index (κ1) is 10.0. The van der Waals surface area contributed by atoms with Crippen LogP contribution in [0.1, 0.15) is 5.56 Å². The molecule has 3 nitrogen and oxygen atoms in total. The highest BCUT2D eigenvalue weighted by molar-refractivity contribution is 6.30. The standard InChI is InChI=1S/C9H9ClO3/c10-9-3-1-8(2-4-9)5-12-7-13-6-11/h1-4,6H,5,7H2. The number of benzene rings is 1. The highest BCUT2D eigenvalue weighted by atomic mass is 35.5. The fourth-order valence-electron chi connectivity index (χ4n) is 0.816. The fourth-order valence-corrected chi connectivity index (χ4v) is 0.942. The van der Waals surface area contributed by atoms with Crippen LogP contribution < -0.4 is 0 Å². The van der Waals surface area contributed by atoms with Crippen LogP contribution in [0.5, 0.6) is 0 Å². The van der Waals surface area contributed by atoms with Gasteiger partial charge >= 0.3 is 0 Å². The van der Waals surface area contributed by atoms with Crippen molar-refractivity contribution in [3.05, 3.63) is 34.9 Å². The van der Waals surface area contributed by atoms with Crippen molar-refractivity contribution in [2.24, 2.45) is 0 Å². The largest absolute Gasteiger partial charge is 0.441 e. The summed E-state index contributed by atoms with van der Waals surface area (Å²) in [6, 6.07) is 7.26. The second-order valence-electron chi connectivity index (χ2n) is 2.36. The zero-order valence-corrected chi connectivity index (χ0v) is 7.66. The normalized spacial score (nSPS) is 9.62. The van der Waals surface area contributed by atoms with Gasteiger partial charge in [0.15, 0.2) is 6.79 Å². The molecule has 0 unspecified atom stereocenters. The maximum absolute atomic E-state index is 9.74. The Morgan fingerprint density at radius 3 is 2.62 bits per heavy atom. The second kappa shape index (κ2) is 5.56. The van der Waals surface area contributed by atoms with Crippen molar-refractivity contribution in [1.82, 2.24) is 0 Å². The Hall–Kier alpha value is -1.06. The third kappa shape index (κ3) is 3.92. The zero-order chi connectivity index (χ0) is 9.52. The second-order valence-corrected chi connectivity index (χ2v) is 2.79. The van der Waals surface area contributed by atoms with Crippen LogP contribution in [-0.4, -0.2) is 13.3 Å². The van der Waals surface area contributed by atoms with Crippen LogP contribution in [0.3, 0.4) is 0 Å². The first-order chi connectivity index (χ1) is 6.33. The average molecular weight is 201 g/mol. The summed E-state index contributed by atoms with van der Waals surface area (Å²) in [6.07, 6.45) is 0. The van der Waals surface area contributed by atoms with E-state index in [4.69, 9.17) is 16.3 Å². The molecule has 1 rings (SSSR count). The molecule has 4 heteroatoms. The maximum atomic E-state index is 9.74. The predicted molar refractivity (Wildman–Crippen MR) is 48.3 cm³/mol. The Kier molecular flexibility index (Phi) is 4.29. The Labute approximate surface area is 81.2 Å². The van der Waals surface area contributed by atoms with Gasteiger partial charge in [-0.15, -0.1) is 0 Å². The SMILES string of the molecule is O=COCOCc1ccc(Cl)cc1. The van der Waals surface area contributed by atoms with Gasteiger partial charge in [0.05, 0.1) is 6.61 Å². The minimum Gasteiger partial charge on any atom is -0.441 e. The van der Waals surface area contributed by atoms with Crippen LogP contribution in [0, 0.1) is 0 Å². The summed E-state index contributed by atoms with van der Waals surface area (Å²) in [5.74, 6) is 0. The third-order valence-corrected chi connectivity index (χ3v) is 1.65. The van der Waals surface area contributed by atoms with Gasteiger partial charge in [-0.05, 0) is 17.7 Å². The summed E-state index contributed by atoms with van der Waals surface area (Å²) in [4.78, 5) is 9.74. The van der Waals surface area contributed by atoms with E-state index < -0.39 is 0 Å². The molecule has 0 saturated carbocycles. The summed E-state index contributed by atoms with van der Waals surface area (Å²) >= 11 is 5.68. The maximum Gasteiger partial charge on any atom is 0.295 e. The number of carbonyl (C=O) groups is 1. The highest BCUT2D eigenvalue weighted by Crippen LogP contribution is 2.09. The lowest BCUT2D eigenvalue weighted by Gasteiger charge is -2.02. The number of rotatable bonds is 5. The van der Waals surface area contributed by atoms with Crippen LogP contribution in [0.4, 0.5) is 0 Å². The molecule has 0 radical (unpaired) electrons. The molecule has 13 heavy (non-hydrogen) atoms. The van der Waals surface area contributed by atoms with Gasteiger partial charge in [0.25, 0.3) is 6.47 Å². The highest BCUT2D eigenvalue weighted by Gasteiger charge is 1.92. The van der Waals surface area contributed by atoms with Crippen molar-refractivity contribution in [3.8, 4) is 0 Å². The fraction of sp³-hybridized carbons (Fsp3) is 0.222. The molecule has 0 aliphatic heterocycles. The molecule has 0 aromatic heterocycles. The number of hydrogen-bond acceptors (Lipinski definition) is 3. The summed E-state index contributed by atoms with van der Waals surface area (Å²) < 4.78 is 9.35. The molecule has 0 aliphatic rings. The van der Waals surface area contributed by atoms with Crippen LogP contribution >= 0.6 is 11.6 Å². The van der Waals surface area contributed by atoms with Crippen molar-refractivity contribution in [2.75, 3.05) is 6.79 Å². The lowest BCUT2D eigenvalue weighted by molar-refractivity contribution is -0.141. The van der Waals surface area contributed by atoms with Gasteiger partial charge < -0.3 is 9.47 Å². The van der Waals surface area contributed by atoms with Gasteiger partial charge in [0.2, 0.25) is 0 Å². The number of hydrogen-bond donors (Lipinski definition) is 0. The molecule has 0 fully saturated rings. The minimum atomic E-state index is -0.0217. The van der Waals surface area contributed by atoms with Gasteiger partial charge in [0.1, 0.15) is 0 Å². The van der Waals surface area contributed by atoms with Gasteiger partial charge in [-0.25, -0.2) is 0 Å². The lowest BCUT2D eigenvalue weighted by Crippen LogP contribution is -1.98. The van der Waals surface area contributed by atoms with E-state index >= 15 is 0 Å². The molecule has 1 aromatic carbocycles. The van der Waals surface area contributed by atoms with Crippen molar-refractivity contribution in [1.29, 1.82) is 0 Å². The number of ether oxygens (including phenoxy) is 2. The molecule has 0 heterocycles. The Balaban J connectivity index is 2.28. The smallest absolute Gasteiger partial charge is 0.295 e. The monoisotopic (exact) mass is 200 g/mol.